The minimum atomic E-state index is 0.213. The molecule has 132 valence electrons. The van der Waals surface area contributed by atoms with Crippen LogP contribution < -0.4 is 4.57 Å². The number of fused-ring (bicyclic) bond motifs is 8. The average molecular weight is 343 g/mol. The fourth-order valence-electron chi connectivity index (χ4n) is 6.44. The summed E-state index contributed by atoms with van der Waals surface area (Å²) in [6.45, 7) is 9.37. The van der Waals surface area contributed by atoms with Crippen molar-refractivity contribution in [2.75, 3.05) is 0 Å². The predicted molar refractivity (Wildman–Crippen MR) is 109 cm³/mol. The van der Waals surface area contributed by atoms with Crippen LogP contribution in [-0.4, -0.2) is 0 Å². The Morgan fingerprint density at radius 2 is 1.73 bits per heavy atom. The highest BCUT2D eigenvalue weighted by Crippen LogP contribution is 2.62. The number of pyridine rings is 1. The van der Waals surface area contributed by atoms with E-state index in [1.807, 2.05) is 0 Å². The summed E-state index contributed by atoms with van der Waals surface area (Å²) < 4.78 is 2.73. The largest absolute Gasteiger partial charge is 0.213 e. The van der Waals surface area contributed by atoms with Crippen molar-refractivity contribution in [1.29, 1.82) is 0 Å². The molecule has 5 rings (SSSR count). The molecule has 2 aromatic carbocycles. The molecular formula is C25H28N+. The van der Waals surface area contributed by atoms with E-state index in [1.54, 1.807) is 5.56 Å². The van der Waals surface area contributed by atoms with Gasteiger partial charge in [-0.15, -0.1) is 0 Å². The SMILES string of the molecule is CCC12CCC1(CC)[n+]1c(ccc3ccccc31)-c1cc(C)cc(C)c12. The van der Waals surface area contributed by atoms with Gasteiger partial charge < -0.3 is 0 Å². The Morgan fingerprint density at radius 1 is 0.923 bits per heavy atom. The predicted octanol–water partition coefficient (Wildman–Crippen LogP) is 5.97. The molecule has 0 N–H and O–H groups in total. The van der Waals surface area contributed by atoms with E-state index < -0.39 is 0 Å². The van der Waals surface area contributed by atoms with Gasteiger partial charge in [-0.05, 0) is 56.0 Å². The van der Waals surface area contributed by atoms with Crippen LogP contribution in [0, 0.1) is 13.8 Å². The van der Waals surface area contributed by atoms with Gasteiger partial charge in [-0.1, -0.05) is 37.6 Å². The second-order valence-electron chi connectivity index (χ2n) is 8.44. The molecule has 1 saturated carbocycles. The molecule has 26 heavy (non-hydrogen) atoms. The van der Waals surface area contributed by atoms with Crippen LogP contribution in [0.15, 0.2) is 48.5 Å². The molecular weight excluding hydrogens is 314 g/mol. The Labute approximate surface area is 156 Å². The van der Waals surface area contributed by atoms with E-state index in [4.69, 9.17) is 0 Å². The number of hydrogen-bond acceptors (Lipinski definition) is 0. The van der Waals surface area contributed by atoms with Gasteiger partial charge >= 0.3 is 0 Å². The zero-order chi connectivity index (χ0) is 18.1. The molecule has 1 aromatic heterocycles. The summed E-state index contributed by atoms with van der Waals surface area (Å²) in [6.07, 6.45) is 5.01. The van der Waals surface area contributed by atoms with Gasteiger partial charge in [0.1, 0.15) is 0 Å². The summed E-state index contributed by atoms with van der Waals surface area (Å²) in [4.78, 5) is 0. The number of benzene rings is 2. The standard InChI is InChI=1S/C25H28N/c1-5-24-13-14-25(24,6-2)26-21-10-8-7-9-19(21)11-12-22(26)20-16-17(3)15-18(4)23(20)24/h7-12,15-16H,5-6,13-14H2,1-4H3/q+1. The van der Waals surface area contributed by atoms with Gasteiger partial charge in [0.15, 0.2) is 5.54 Å². The van der Waals surface area contributed by atoms with E-state index in [9.17, 15) is 0 Å². The Bertz CT molecular complexity index is 1040. The highest BCUT2D eigenvalue weighted by Gasteiger charge is 2.68. The van der Waals surface area contributed by atoms with E-state index >= 15 is 0 Å². The summed E-state index contributed by atoms with van der Waals surface area (Å²) in [5.74, 6) is 0. The van der Waals surface area contributed by atoms with E-state index in [0.29, 0.717) is 0 Å². The highest BCUT2D eigenvalue weighted by molar-refractivity contribution is 5.80. The third-order valence-electron chi connectivity index (χ3n) is 7.55. The van der Waals surface area contributed by atoms with Crippen LogP contribution in [0.1, 0.15) is 56.2 Å². The maximum atomic E-state index is 2.73. The minimum absolute atomic E-state index is 0.213. The molecule has 1 heteroatoms. The summed E-state index contributed by atoms with van der Waals surface area (Å²) >= 11 is 0. The maximum absolute atomic E-state index is 2.73. The van der Waals surface area contributed by atoms with Gasteiger partial charge in [0.05, 0.1) is 11.0 Å². The summed E-state index contributed by atoms with van der Waals surface area (Å²) in [5.41, 5.74) is 9.26. The van der Waals surface area contributed by atoms with Gasteiger partial charge in [0, 0.05) is 30.4 Å². The first-order chi connectivity index (χ1) is 12.6. The van der Waals surface area contributed by atoms with Crippen LogP contribution in [0.2, 0.25) is 0 Å². The van der Waals surface area contributed by atoms with Gasteiger partial charge in [0.25, 0.3) is 0 Å². The number of rotatable bonds is 2. The molecule has 0 saturated heterocycles. The van der Waals surface area contributed by atoms with Crippen LogP contribution in [0.3, 0.4) is 0 Å². The van der Waals surface area contributed by atoms with E-state index in [-0.39, 0.29) is 11.0 Å². The van der Waals surface area contributed by atoms with Crippen molar-refractivity contribution in [3.63, 3.8) is 0 Å². The zero-order valence-corrected chi connectivity index (χ0v) is 16.4. The summed E-state index contributed by atoms with van der Waals surface area (Å²) in [6, 6.07) is 18.4. The van der Waals surface area contributed by atoms with Gasteiger partial charge in [-0.25, -0.2) is 0 Å². The van der Waals surface area contributed by atoms with Gasteiger partial charge in [0.2, 0.25) is 11.2 Å². The van der Waals surface area contributed by atoms with Crippen molar-refractivity contribution >= 4 is 10.9 Å². The van der Waals surface area contributed by atoms with Crippen LogP contribution >= 0.6 is 0 Å². The number of aryl methyl sites for hydroxylation is 2. The number of nitrogens with zero attached hydrogens (tertiary/aromatic N) is 1. The molecule has 1 fully saturated rings. The lowest BCUT2D eigenvalue weighted by atomic mass is 9.46. The molecule has 0 spiro atoms. The topological polar surface area (TPSA) is 3.88 Å². The third-order valence-corrected chi connectivity index (χ3v) is 7.55. The molecule has 3 aromatic rings. The Kier molecular flexibility index (Phi) is 3.20. The molecule has 2 atom stereocenters. The van der Waals surface area contributed by atoms with Crippen molar-refractivity contribution in [1.82, 2.24) is 0 Å². The van der Waals surface area contributed by atoms with Crippen molar-refractivity contribution in [2.45, 2.75) is 64.3 Å². The molecule has 1 nitrogen and oxygen atoms in total. The second-order valence-corrected chi connectivity index (χ2v) is 8.44. The minimum Gasteiger partial charge on any atom is -0.185 e. The van der Waals surface area contributed by atoms with Crippen LogP contribution in [0.4, 0.5) is 0 Å². The highest BCUT2D eigenvalue weighted by atomic mass is 15.1. The lowest BCUT2D eigenvalue weighted by Crippen LogP contribution is -2.75. The lowest BCUT2D eigenvalue weighted by molar-refractivity contribution is -0.762. The summed E-state index contributed by atoms with van der Waals surface area (Å²) in [5, 5.41) is 1.36. The quantitative estimate of drug-likeness (QED) is 0.505. The van der Waals surface area contributed by atoms with Crippen LogP contribution in [-0.2, 0) is 11.0 Å². The van der Waals surface area contributed by atoms with Gasteiger partial charge in [-0.3, -0.25) is 0 Å². The van der Waals surface area contributed by atoms with Crippen molar-refractivity contribution < 1.29 is 4.57 Å². The monoisotopic (exact) mass is 342 g/mol. The van der Waals surface area contributed by atoms with Crippen LogP contribution in [0.25, 0.3) is 22.2 Å². The maximum Gasteiger partial charge on any atom is 0.213 e. The Balaban J connectivity index is 2.00. The third kappa shape index (κ3) is 1.65. The summed E-state index contributed by atoms with van der Waals surface area (Å²) in [7, 11) is 0. The number of hydrogen-bond donors (Lipinski definition) is 0. The fourth-order valence-corrected chi connectivity index (χ4v) is 6.44. The van der Waals surface area contributed by atoms with Crippen molar-refractivity contribution in [3.8, 4) is 11.3 Å². The molecule has 0 amide bonds. The first kappa shape index (κ1) is 16.1. The molecule has 1 aliphatic heterocycles. The zero-order valence-electron chi connectivity index (χ0n) is 16.4. The van der Waals surface area contributed by atoms with Crippen molar-refractivity contribution in [3.05, 3.63) is 65.2 Å². The normalized spacial score (nSPS) is 26.0. The molecule has 0 radical (unpaired) electrons. The fraction of sp³-hybridized carbons (Fsp3) is 0.400. The molecule has 2 aliphatic rings. The van der Waals surface area contributed by atoms with Crippen LogP contribution in [0.5, 0.6) is 0 Å². The lowest BCUT2D eigenvalue weighted by Gasteiger charge is -2.58. The van der Waals surface area contributed by atoms with Crippen molar-refractivity contribution in [2.24, 2.45) is 0 Å². The Hall–Kier alpha value is -2.15. The molecule has 1 aliphatic carbocycles. The van der Waals surface area contributed by atoms with E-state index in [1.165, 1.54) is 59.0 Å². The first-order valence-corrected chi connectivity index (χ1v) is 10.1. The van der Waals surface area contributed by atoms with E-state index in [0.717, 1.165) is 0 Å². The molecule has 2 unspecified atom stereocenters. The van der Waals surface area contributed by atoms with Gasteiger partial charge in [-0.2, -0.15) is 4.57 Å². The molecule has 2 heterocycles. The molecule has 0 bridgehead atoms. The smallest absolute Gasteiger partial charge is 0.185 e. The van der Waals surface area contributed by atoms with E-state index in [2.05, 4.69) is 80.8 Å². The number of aromatic nitrogens is 1. The average Bonchev–Trinajstić information content (AvgIpc) is 2.63. The second kappa shape index (κ2) is 5.19. The number of para-hydroxylation sites is 1. The first-order valence-electron chi connectivity index (χ1n) is 10.1. The Morgan fingerprint density at radius 3 is 2.42 bits per heavy atom.